The maximum atomic E-state index is 12.5. The summed E-state index contributed by atoms with van der Waals surface area (Å²) in [5.41, 5.74) is 0.596. The van der Waals surface area contributed by atoms with Crippen molar-refractivity contribution < 1.29 is 19.7 Å². The smallest absolute Gasteiger partial charge is 0.292 e. The number of nitrogens with one attached hydrogen (secondary N) is 1. The number of carbonyl (C=O) groups excluding carboxylic acids is 3. The third-order valence-electron chi connectivity index (χ3n) is 4.24. The fraction of sp³-hybridized carbons (Fsp3) is 0.438. The van der Waals surface area contributed by atoms with E-state index in [-0.39, 0.29) is 30.2 Å². The van der Waals surface area contributed by atoms with E-state index in [4.69, 9.17) is 0 Å². The molecule has 0 bridgehead atoms. The van der Waals surface area contributed by atoms with Gasteiger partial charge in [0.25, 0.3) is 11.8 Å². The summed E-state index contributed by atoms with van der Waals surface area (Å²) >= 11 is 0. The van der Waals surface area contributed by atoms with Crippen LogP contribution in [-0.4, -0.2) is 36.3 Å². The van der Waals surface area contributed by atoms with E-state index >= 15 is 0 Å². The standard InChI is InChI=1S/C16H19N3O3/c20-14-10-13(18-12-8-4-5-9-17-15(12)21)16(22)19(14)11-6-2-1-3-7-11/h1-3,6-7,12-13,18H,4-5,8-10H2,(H,17,21)/p+1/t12-,13-/m0/s1. The number of benzene rings is 1. The van der Waals surface area contributed by atoms with Crippen LogP contribution in [0.1, 0.15) is 25.7 Å². The number of quaternary nitrogens is 1. The quantitative estimate of drug-likeness (QED) is 0.742. The van der Waals surface area contributed by atoms with E-state index in [9.17, 15) is 14.4 Å². The van der Waals surface area contributed by atoms with Gasteiger partial charge in [0.2, 0.25) is 5.91 Å². The molecule has 3 N–H and O–H groups in total. The Labute approximate surface area is 128 Å². The lowest BCUT2D eigenvalue weighted by Crippen LogP contribution is -2.98. The molecule has 2 fully saturated rings. The molecule has 0 spiro atoms. The molecule has 1 aromatic carbocycles. The highest BCUT2D eigenvalue weighted by Crippen LogP contribution is 2.21. The Balaban J connectivity index is 1.72. The minimum absolute atomic E-state index is 0.0316. The van der Waals surface area contributed by atoms with Crippen molar-refractivity contribution in [3.05, 3.63) is 30.3 Å². The molecule has 0 aromatic heterocycles. The lowest BCUT2D eigenvalue weighted by molar-refractivity contribution is -0.696. The molecule has 2 saturated heterocycles. The lowest BCUT2D eigenvalue weighted by atomic mass is 10.1. The minimum atomic E-state index is -0.499. The Morgan fingerprint density at radius 3 is 2.59 bits per heavy atom. The molecule has 22 heavy (non-hydrogen) atoms. The maximum absolute atomic E-state index is 12.5. The van der Waals surface area contributed by atoms with Crippen LogP contribution in [-0.2, 0) is 14.4 Å². The summed E-state index contributed by atoms with van der Waals surface area (Å²) in [5.74, 6) is -0.462. The molecule has 3 amide bonds. The molecule has 2 atom stereocenters. The molecule has 2 aliphatic heterocycles. The van der Waals surface area contributed by atoms with Crippen LogP contribution >= 0.6 is 0 Å². The van der Waals surface area contributed by atoms with Gasteiger partial charge in [-0.15, -0.1) is 0 Å². The van der Waals surface area contributed by atoms with Gasteiger partial charge < -0.3 is 10.6 Å². The normalized spacial score (nSPS) is 26.0. The van der Waals surface area contributed by atoms with Gasteiger partial charge in [0.05, 0.1) is 12.1 Å². The van der Waals surface area contributed by atoms with Gasteiger partial charge in [-0.3, -0.25) is 14.4 Å². The number of rotatable bonds is 3. The molecular weight excluding hydrogens is 282 g/mol. The number of carbonyl (C=O) groups is 3. The maximum Gasteiger partial charge on any atom is 0.292 e. The van der Waals surface area contributed by atoms with E-state index in [1.54, 1.807) is 29.6 Å². The third kappa shape index (κ3) is 2.87. The molecule has 2 aliphatic rings. The molecule has 116 valence electrons. The Hall–Kier alpha value is -2.21. The molecule has 1 aromatic rings. The van der Waals surface area contributed by atoms with Crippen LogP contribution in [0.5, 0.6) is 0 Å². The Morgan fingerprint density at radius 1 is 1.05 bits per heavy atom. The second kappa shape index (κ2) is 6.27. The van der Waals surface area contributed by atoms with Crippen molar-refractivity contribution >= 4 is 23.4 Å². The SMILES string of the molecule is O=C1NCCCC[C@@H]1[NH2+][C@H]1CC(=O)N(c2ccccc2)C1=O. The Bertz CT molecular complexity index is 588. The summed E-state index contributed by atoms with van der Waals surface area (Å²) in [6.45, 7) is 0.691. The van der Waals surface area contributed by atoms with E-state index in [2.05, 4.69) is 5.32 Å². The topological polar surface area (TPSA) is 83.1 Å². The molecule has 2 heterocycles. The average Bonchev–Trinajstić information content (AvgIpc) is 2.67. The number of amides is 3. The summed E-state index contributed by atoms with van der Waals surface area (Å²) in [6, 6.07) is 8.15. The van der Waals surface area contributed by atoms with Crippen molar-refractivity contribution in [1.82, 2.24) is 5.32 Å². The summed E-state index contributed by atoms with van der Waals surface area (Å²) in [7, 11) is 0. The lowest BCUT2D eigenvalue weighted by Gasteiger charge is -2.17. The number of hydrogen-bond donors (Lipinski definition) is 2. The first-order valence-corrected chi connectivity index (χ1v) is 7.71. The number of hydrogen-bond acceptors (Lipinski definition) is 3. The molecule has 6 nitrogen and oxygen atoms in total. The van der Waals surface area contributed by atoms with Gasteiger partial charge >= 0.3 is 0 Å². The van der Waals surface area contributed by atoms with Gasteiger partial charge in [-0.05, 0) is 25.0 Å². The number of anilines is 1. The van der Waals surface area contributed by atoms with Crippen molar-refractivity contribution in [2.75, 3.05) is 11.4 Å². The van der Waals surface area contributed by atoms with Crippen LogP contribution < -0.4 is 15.5 Å². The molecule has 6 heteroatoms. The fourth-order valence-electron chi connectivity index (χ4n) is 3.08. The number of nitrogens with two attached hydrogens (primary N) is 1. The highest BCUT2D eigenvalue weighted by Gasteiger charge is 2.44. The number of para-hydroxylation sites is 1. The highest BCUT2D eigenvalue weighted by molar-refractivity contribution is 6.21. The number of imide groups is 1. The molecular formula is C16H20N3O3+. The van der Waals surface area contributed by atoms with E-state index in [1.165, 1.54) is 4.90 Å². The van der Waals surface area contributed by atoms with Crippen molar-refractivity contribution in [1.29, 1.82) is 0 Å². The third-order valence-corrected chi connectivity index (χ3v) is 4.24. The molecule has 3 rings (SSSR count). The van der Waals surface area contributed by atoms with E-state index < -0.39 is 6.04 Å². The van der Waals surface area contributed by atoms with Crippen LogP contribution in [0.15, 0.2) is 30.3 Å². The van der Waals surface area contributed by atoms with Gasteiger partial charge in [-0.2, -0.15) is 0 Å². The zero-order chi connectivity index (χ0) is 15.5. The van der Waals surface area contributed by atoms with Gasteiger partial charge in [-0.25, -0.2) is 4.90 Å². The Kier molecular flexibility index (Phi) is 4.20. The molecule has 0 saturated carbocycles. The minimum Gasteiger partial charge on any atom is -0.351 e. The molecule has 0 radical (unpaired) electrons. The van der Waals surface area contributed by atoms with Crippen LogP contribution in [0.4, 0.5) is 5.69 Å². The zero-order valence-electron chi connectivity index (χ0n) is 12.3. The van der Waals surface area contributed by atoms with Crippen molar-refractivity contribution in [3.8, 4) is 0 Å². The van der Waals surface area contributed by atoms with Crippen LogP contribution in [0, 0.1) is 0 Å². The van der Waals surface area contributed by atoms with E-state index in [1.807, 2.05) is 6.07 Å². The fourth-order valence-corrected chi connectivity index (χ4v) is 3.08. The largest absolute Gasteiger partial charge is 0.351 e. The van der Waals surface area contributed by atoms with E-state index in [0.717, 1.165) is 19.3 Å². The van der Waals surface area contributed by atoms with Crippen molar-refractivity contribution in [2.24, 2.45) is 0 Å². The average molecular weight is 302 g/mol. The second-order valence-electron chi connectivity index (χ2n) is 5.80. The van der Waals surface area contributed by atoms with Crippen LogP contribution in [0.2, 0.25) is 0 Å². The summed E-state index contributed by atoms with van der Waals surface area (Å²) in [6.07, 6.45) is 2.81. The first kappa shape index (κ1) is 14.7. The predicted molar refractivity (Wildman–Crippen MR) is 79.9 cm³/mol. The first-order valence-electron chi connectivity index (χ1n) is 7.71. The first-order chi connectivity index (χ1) is 10.7. The zero-order valence-corrected chi connectivity index (χ0v) is 12.3. The van der Waals surface area contributed by atoms with Gasteiger partial charge in [0.15, 0.2) is 12.1 Å². The van der Waals surface area contributed by atoms with Crippen molar-refractivity contribution in [3.63, 3.8) is 0 Å². The Morgan fingerprint density at radius 2 is 1.82 bits per heavy atom. The molecule has 0 unspecified atom stereocenters. The summed E-state index contributed by atoms with van der Waals surface area (Å²) in [5, 5.41) is 4.63. The number of nitrogens with zero attached hydrogens (tertiary/aromatic N) is 1. The van der Waals surface area contributed by atoms with Crippen LogP contribution in [0.25, 0.3) is 0 Å². The summed E-state index contributed by atoms with van der Waals surface area (Å²) < 4.78 is 0. The highest BCUT2D eigenvalue weighted by atomic mass is 16.2. The monoisotopic (exact) mass is 302 g/mol. The van der Waals surface area contributed by atoms with Gasteiger partial charge in [0, 0.05) is 13.0 Å². The van der Waals surface area contributed by atoms with E-state index in [0.29, 0.717) is 12.2 Å². The summed E-state index contributed by atoms with van der Waals surface area (Å²) in [4.78, 5) is 37.9. The molecule has 0 aliphatic carbocycles. The van der Waals surface area contributed by atoms with Gasteiger partial charge in [0.1, 0.15) is 0 Å². The van der Waals surface area contributed by atoms with Crippen LogP contribution in [0.3, 0.4) is 0 Å². The second-order valence-corrected chi connectivity index (χ2v) is 5.80. The van der Waals surface area contributed by atoms with Gasteiger partial charge in [-0.1, -0.05) is 18.2 Å². The predicted octanol–water partition coefficient (Wildman–Crippen LogP) is -0.449. The van der Waals surface area contributed by atoms with Crippen molar-refractivity contribution in [2.45, 2.75) is 37.8 Å².